The fourth-order valence-corrected chi connectivity index (χ4v) is 5.56. The topological polar surface area (TPSA) is 57.7 Å². The molecule has 0 aliphatic rings. The van der Waals surface area contributed by atoms with Gasteiger partial charge < -0.3 is 4.90 Å². The van der Waals surface area contributed by atoms with Crippen molar-refractivity contribution in [1.29, 1.82) is 0 Å². The quantitative estimate of drug-likeness (QED) is 0.383. The SMILES string of the molecule is C=CCN(CC(=O)N(Cc1ccc(F)cc1)Cc1sccc1C)S(=O)(=O)c1ccc(C)cc1. The number of amides is 1. The van der Waals surface area contributed by atoms with Crippen molar-refractivity contribution in [2.45, 2.75) is 31.8 Å². The van der Waals surface area contributed by atoms with Crippen LogP contribution in [0.1, 0.15) is 21.6 Å². The molecule has 1 amide bonds. The Morgan fingerprint density at radius 1 is 1.03 bits per heavy atom. The summed E-state index contributed by atoms with van der Waals surface area (Å²) in [6, 6.07) is 14.4. The third-order valence-electron chi connectivity index (χ3n) is 5.25. The molecule has 0 spiro atoms. The first-order chi connectivity index (χ1) is 15.7. The van der Waals surface area contributed by atoms with Gasteiger partial charge in [-0.1, -0.05) is 35.9 Å². The largest absolute Gasteiger partial charge is 0.332 e. The Kier molecular flexibility index (Phi) is 8.18. The molecule has 0 bridgehead atoms. The number of carbonyl (C=O) groups is 1. The van der Waals surface area contributed by atoms with E-state index in [0.717, 1.165) is 25.9 Å². The summed E-state index contributed by atoms with van der Waals surface area (Å²) in [6.45, 7) is 7.76. The first-order valence-electron chi connectivity index (χ1n) is 10.4. The van der Waals surface area contributed by atoms with Gasteiger partial charge in [0, 0.05) is 18.0 Å². The lowest BCUT2D eigenvalue weighted by atomic mass is 10.2. The summed E-state index contributed by atoms with van der Waals surface area (Å²) in [5.41, 5.74) is 2.76. The van der Waals surface area contributed by atoms with Crippen molar-refractivity contribution in [2.24, 2.45) is 0 Å². The van der Waals surface area contributed by atoms with Crippen molar-refractivity contribution in [3.63, 3.8) is 0 Å². The van der Waals surface area contributed by atoms with Crippen molar-refractivity contribution in [2.75, 3.05) is 13.1 Å². The zero-order valence-electron chi connectivity index (χ0n) is 18.7. The summed E-state index contributed by atoms with van der Waals surface area (Å²) in [6.07, 6.45) is 1.47. The second-order valence-corrected chi connectivity index (χ2v) is 10.7. The molecular formula is C25H27FN2O3S2. The van der Waals surface area contributed by atoms with Gasteiger partial charge in [-0.15, -0.1) is 17.9 Å². The average Bonchev–Trinajstić information content (AvgIpc) is 3.19. The minimum Gasteiger partial charge on any atom is -0.332 e. The first-order valence-corrected chi connectivity index (χ1v) is 12.8. The number of rotatable bonds is 10. The predicted molar refractivity (Wildman–Crippen MR) is 130 cm³/mol. The van der Waals surface area contributed by atoms with Crippen LogP contribution in [0.25, 0.3) is 0 Å². The van der Waals surface area contributed by atoms with Gasteiger partial charge in [-0.2, -0.15) is 4.31 Å². The third kappa shape index (κ3) is 6.37. The highest BCUT2D eigenvalue weighted by molar-refractivity contribution is 7.89. The molecule has 5 nitrogen and oxygen atoms in total. The summed E-state index contributed by atoms with van der Waals surface area (Å²) in [7, 11) is -3.89. The standard InChI is InChI=1S/C25H27FN2O3S2/c1-4-14-28(33(30,31)23-11-5-19(2)6-12-23)18-25(29)27(17-24-20(3)13-15-32-24)16-21-7-9-22(26)10-8-21/h4-13,15H,1,14,16-18H2,2-3H3. The Bertz CT molecular complexity index is 1200. The first kappa shape index (κ1) is 24.8. The zero-order valence-corrected chi connectivity index (χ0v) is 20.3. The van der Waals surface area contributed by atoms with Gasteiger partial charge in [0.15, 0.2) is 0 Å². The molecule has 0 aliphatic carbocycles. The Morgan fingerprint density at radius 2 is 1.70 bits per heavy atom. The van der Waals surface area contributed by atoms with E-state index in [1.165, 1.54) is 41.7 Å². The molecule has 0 aliphatic heterocycles. The molecule has 2 aromatic carbocycles. The monoisotopic (exact) mass is 486 g/mol. The number of thiophene rings is 1. The predicted octanol–water partition coefficient (Wildman–Crippen LogP) is 4.91. The number of hydrogen-bond acceptors (Lipinski definition) is 4. The lowest BCUT2D eigenvalue weighted by Crippen LogP contribution is -2.42. The van der Waals surface area contributed by atoms with E-state index in [2.05, 4.69) is 6.58 Å². The maximum absolute atomic E-state index is 13.4. The molecule has 0 saturated heterocycles. The highest BCUT2D eigenvalue weighted by Crippen LogP contribution is 2.21. The molecule has 0 radical (unpaired) electrons. The van der Waals surface area contributed by atoms with Crippen LogP contribution in [0.4, 0.5) is 4.39 Å². The van der Waals surface area contributed by atoms with Crippen LogP contribution in [0, 0.1) is 19.7 Å². The van der Waals surface area contributed by atoms with E-state index in [1.807, 2.05) is 25.3 Å². The summed E-state index contributed by atoms with van der Waals surface area (Å²) < 4.78 is 40.9. The van der Waals surface area contributed by atoms with Crippen LogP contribution in [0.2, 0.25) is 0 Å². The van der Waals surface area contributed by atoms with Gasteiger partial charge in [-0.25, -0.2) is 12.8 Å². The molecule has 8 heteroatoms. The lowest BCUT2D eigenvalue weighted by molar-refractivity contribution is -0.132. The van der Waals surface area contributed by atoms with Crippen LogP contribution < -0.4 is 0 Å². The Morgan fingerprint density at radius 3 is 2.27 bits per heavy atom. The molecule has 174 valence electrons. The van der Waals surface area contributed by atoms with Crippen molar-refractivity contribution >= 4 is 27.3 Å². The van der Waals surface area contributed by atoms with E-state index < -0.39 is 10.0 Å². The second-order valence-electron chi connectivity index (χ2n) is 7.80. The van der Waals surface area contributed by atoms with Gasteiger partial charge in [0.2, 0.25) is 15.9 Å². The molecule has 0 N–H and O–H groups in total. The number of nitrogens with zero attached hydrogens (tertiary/aromatic N) is 2. The van der Waals surface area contributed by atoms with Crippen molar-refractivity contribution < 1.29 is 17.6 Å². The molecule has 3 aromatic rings. The van der Waals surface area contributed by atoms with E-state index in [1.54, 1.807) is 29.2 Å². The lowest BCUT2D eigenvalue weighted by Gasteiger charge is -2.27. The highest BCUT2D eigenvalue weighted by atomic mass is 32.2. The molecule has 1 aromatic heterocycles. The molecule has 1 heterocycles. The van der Waals surface area contributed by atoms with Gasteiger partial charge >= 0.3 is 0 Å². The van der Waals surface area contributed by atoms with Gasteiger partial charge in [0.05, 0.1) is 18.0 Å². The summed E-state index contributed by atoms with van der Waals surface area (Å²) in [5.74, 6) is -0.697. The molecule has 0 atom stereocenters. The summed E-state index contributed by atoms with van der Waals surface area (Å²) in [5, 5.41) is 1.96. The maximum atomic E-state index is 13.4. The number of benzene rings is 2. The second kappa shape index (κ2) is 10.9. The molecular weight excluding hydrogens is 459 g/mol. The van der Waals surface area contributed by atoms with Crippen LogP contribution in [0.3, 0.4) is 0 Å². The Labute approximate surface area is 198 Å². The minimum absolute atomic E-state index is 0.00433. The van der Waals surface area contributed by atoms with Crippen molar-refractivity contribution in [3.8, 4) is 0 Å². The van der Waals surface area contributed by atoms with Gasteiger partial charge in [-0.3, -0.25) is 4.79 Å². The van der Waals surface area contributed by atoms with E-state index in [9.17, 15) is 17.6 Å². The smallest absolute Gasteiger partial charge is 0.243 e. The van der Waals surface area contributed by atoms with Gasteiger partial charge in [0.25, 0.3) is 0 Å². The Balaban J connectivity index is 1.87. The number of aryl methyl sites for hydroxylation is 2. The van der Waals surface area contributed by atoms with Gasteiger partial charge in [0.1, 0.15) is 5.82 Å². The fourth-order valence-electron chi connectivity index (χ4n) is 3.28. The van der Waals surface area contributed by atoms with Crippen LogP contribution in [-0.4, -0.2) is 36.6 Å². The zero-order chi connectivity index (χ0) is 24.0. The maximum Gasteiger partial charge on any atom is 0.243 e. The van der Waals surface area contributed by atoms with Gasteiger partial charge in [-0.05, 0) is 60.7 Å². The van der Waals surface area contributed by atoms with Crippen LogP contribution in [0.15, 0.2) is 77.5 Å². The van der Waals surface area contributed by atoms with E-state index in [-0.39, 0.29) is 36.3 Å². The Hall–Kier alpha value is -2.81. The normalized spacial score (nSPS) is 11.5. The number of carbonyl (C=O) groups excluding carboxylic acids is 1. The fraction of sp³-hybridized carbons (Fsp3) is 0.240. The number of sulfonamides is 1. The van der Waals surface area contributed by atoms with Crippen LogP contribution in [0.5, 0.6) is 0 Å². The molecule has 3 rings (SSSR count). The molecule has 0 saturated carbocycles. The van der Waals surface area contributed by atoms with E-state index in [4.69, 9.17) is 0 Å². The number of halogens is 1. The molecule has 33 heavy (non-hydrogen) atoms. The van der Waals surface area contributed by atoms with Crippen molar-refractivity contribution in [3.05, 3.63) is 100 Å². The molecule has 0 fully saturated rings. The van der Waals surface area contributed by atoms with E-state index in [0.29, 0.717) is 6.54 Å². The van der Waals surface area contributed by atoms with Crippen molar-refractivity contribution in [1.82, 2.24) is 9.21 Å². The molecule has 0 unspecified atom stereocenters. The highest BCUT2D eigenvalue weighted by Gasteiger charge is 2.28. The third-order valence-corrected chi connectivity index (χ3v) is 8.08. The summed E-state index contributed by atoms with van der Waals surface area (Å²) >= 11 is 1.54. The van der Waals surface area contributed by atoms with Crippen LogP contribution in [-0.2, 0) is 27.9 Å². The number of hydrogen-bond donors (Lipinski definition) is 0. The summed E-state index contributed by atoms with van der Waals surface area (Å²) in [4.78, 5) is 16.1. The average molecular weight is 487 g/mol. The van der Waals surface area contributed by atoms with Crippen LogP contribution >= 0.6 is 11.3 Å². The van der Waals surface area contributed by atoms with E-state index >= 15 is 0 Å². The minimum atomic E-state index is -3.89.